The number of piperazine rings is 1. The van der Waals surface area contributed by atoms with Crippen molar-refractivity contribution in [3.05, 3.63) is 54.4 Å². The molecule has 1 aliphatic heterocycles. The van der Waals surface area contributed by atoms with Crippen LogP contribution in [0.2, 0.25) is 0 Å². The third-order valence-corrected chi connectivity index (χ3v) is 3.85. The molecular formula is C17H21Cl2N3O. The van der Waals surface area contributed by atoms with Crippen molar-refractivity contribution in [1.29, 1.82) is 0 Å². The predicted octanol–water partition coefficient (Wildman–Crippen LogP) is 3.03. The van der Waals surface area contributed by atoms with Gasteiger partial charge >= 0.3 is 0 Å². The minimum absolute atomic E-state index is 0. The first-order chi connectivity index (χ1) is 10.3. The highest BCUT2D eigenvalue weighted by Crippen LogP contribution is 2.20. The summed E-state index contributed by atoms with van der Waals surface area (Å²) in [4.78, 5) is 18.8. The Morgan fingerprint density at radius 3 is 2.61 bits per heavy atom. The van der Waals surface area contributed by atoms with Crippen LogP contribution in [0.5, 0.6) is 0 Å². The molecular weight excluding hydrogens is 333 g/mol. The largest absolute Gasteiger partial charge is 0.333 e. The molecule has 6 heteroatoms. The van der Waals surface area contributed by atoms with Gasteiger partial charge in [-0.3, -0.25) is 9.78 Å². The molecule has 0 unspecified atom stereocenters. The van der Waals surface area contributed by atoms with Crippen LogP contribution in [0, 0.1) is 0 Å². The second-order valence-electron chi connectivity index (χ2n) is 5.38. The maximum Gasteiger partial charge on any atom is 0.255 e. The molecule has 3 rings (SSSR count). The number of carbonyl (C=O) groups is 1. The summed E-state index contributed by atoms with van der Waals surface area (Å²) in [6, 6.07) is 12.2. The van der Waals surface area contributed by atoms with E-state index in [-0.39, 0.29) is 36.8 Å². The summed E-state index contributed by atoms with van der Waals surface area (Å²) in [7, 11) is 0. The van der Waals surface area contributed by atoms with Crippen LogP contribution in [0.4, 0.5) is 0 Å². The standard InChI is InChI=1S/C17H19N3O.2ClH/c1-13-10-18-7-8-20(13)17(21)16-9-15(11-19-12-16)14-5-3-2-4-6-14;;/h2-6,9,11-13,18H,7-8,10H2,1H3;2*1H/t13-;;/m1../s1. The molecule has 1 aliphatic rings. The number of rotatable bonds is 2. The monoisotopic (exact) mass is 353 g/mol. The number of benzene rings is 1. The van der Waals surface area contributed by atoms with E-state index < -0.39 is 0 Å². The van der Waals surface area contributed by atoms with E-state index in [4.69, 9.17) is 0 Å². The van der Waals surface area contributed by atoms with Gasteiger partial charge < -0.3 is 10.2 Å². The summed E-state index contributed by atoms with van der Waals surface area (Å²) in [6.07, 6.45) is 3.46. The van der Waals surface area contributed by atoms with Crippen molar-refractivity contribution in [2.75, 3.05) is 19.6 Å². The van der Waals surface area contributed by atoms with Crippen LogP contribution in [0.25, 0.3) is 11.1 Å². The van der Waals surface area contributed by atoms with Crippen LogP contribution >= 0.6 is 24.8 Å². The van der Waals surface area contributed by atoms with Crippen molar-refractivity contribution in [1.82, 2.24) is 15.2 Å². The number of halogens is 2. The van der Waals surface area contributed by atoms with Crippen LogP contribution in [0.3, 0.4) is 0 Å². The Bertz CT molecular complexity index is 637. The van der Waals surface area contributed by atoms with Gasteiger partial charge in [-0.1, -0.05) is 30.3 Å². The van der Waals surface area contributed by atoms with Crippen molar-refractivity contribution >= 4 is 30.7 Å². The molecule has 0 saturated carbocycles. The Kier molecular flexibility index (Phi) is 7.49. The quantitative estimate of drug-likeness (QED) is 0.902. The Morgan fingerprint density at radius 1 is 1.17 bits per heavy atom. The molecule has 0 aliphatic carbocycles. The number of pyridine rings is 1. The van der Waals surface area contributed by atoms with E-state index in [1.165, 1.54) is 0 Å². The topological polar surface area (TPSA) is 45.2 Å². The van der Waals surface area contributed by atoms with Crippen LogP contribution in [0.15, 0.2) is 48.8 Å². The van der Waals surface area contributed by atoms with Crippen LogP contribution in [-0.2, 0) is 0 Å². The fourth-order valence-corrected chi connectivity index (χ4v) is 2.65. The van der Waals surface area contributed by atoms with E-state index in [2.05, 4.69) is 17.2 Å². The molecule has 1 aromatic carbocycles. The Balaban J connectivity index is 0.00000132. The van der Waals surface area contributed by atoms with E-state index in [0.717, 1.165) is 30.8 Å². The molecule has 1 amide bonds. The molecule has 0 spiro atoms. The molecule has 124 valence electrons. The predicted molar refractivity (Wildman–Crippen MR) is 97.5 cm³/mol. The van der Waals surface area contributed by atoms with Gasteiger partial charge in [0.2, 0.25) is 0 Å². The molecule has 1 aromatic heterocycles. The Hall–Kier alpha value is -1.62. The first-order valence-corrected chi connectivity index (χ1v) is 7.28. The lowest BCUT2D eigenvalue weighted by Gasteiger charge is -2.34. The highest BCUT2D eigenvalue weighted by atomic mass is 35.5. The summed E-state index contributed by atoms with van der Waals surface area (Å²) in [5.41, 5.74) is 2.71. The maximum absolute atomic E-state index is 12.7. The summed E-state index contributed by atoms with van der Waals surface area (Å²) in [5, 5.41) is 3.30. The minimum Gasteiger partial charge on any atom is -0.333 e. The number of aromatic nitrogens is 1. The number of hydrogen-bond donors (Lipinski definition) is 1. The zero-order chi connectivity index (χ0) is 14.7. The van der Waals surface area contributed by atoms with Gasteiger partial charge in [-0.2, -0.15) is 0 Å². The number of hydrogen-bond acceptors (Lipinski definition) is 3. The molecule has 4 nitrogen and oxygen atoms in total. The van der Waals surface area contributed by atoms with Crippen molar-refractivity contribution < 1.29 is 4.79 Å². The van der Waals surface area contributed by atoms with Gasteiger partial charge in [-0.05, 0) is 18.6 Å². The van der Waals surface area contributed by atoms with Gasteiger partial charge in [-0.25, -0.2) is 0 Å². The second kappa shape index (κ2) is 8.87. The summed E-state index contributed by atoms with van der Waals surface area (Å²) >= 11 is 0. The Labute approximate surface area is 149 Å². The molecule has 0 bridgehead atoms. The van der Waals surface area contributed by atoms with Gasteiger partial charge in [-0.15, -0.1) is 24.8 Å². The lowest BCUT2D eigenvalue weighted by molar-refractivity contribution is 0.0655. The van der Waals surface area contributed by atoms with Crippen molar-refractivity contribution in [3.63, 3.8) is 0 Å². The van der Waals surface area contributed by atoms with Crippen molar-refractivity contribution in [3.8, 4) is 11.1 Å². The van der Waals surface area contributed by atoms with Gasteiger partial charge in [0.15, 0.2) is 0 Å². The molecule has 2 heterocycles. The number of nitrogens with zero attached hydrogens (tertiary/aromatic N) is 2. The lowest BCUT2D eigenvalue weighted by Crippen LogP contribution is -2.52. The van der Waals surface area contributed by atoms with E-state index >= 15 is 0 Å². The van der Waals surface area contributed by atoms with Gasteiger partial charge in [0.25, 0.3) is 5.91 Å². The van der Waals surface area contributed by atoms with E-state index in [9.17, 15) is 4.79 Å². The molecule has 1 atom stereocenters. The molecule has 23 heavy (non-hydrogen) atoms. The average Bonchev–Trinajstić information content (AvgIpc) is 2.56. The smallest absolute Gasteiger partial charge is 0.255 e. The molecule has 1 fully saturated rings. The van der Waals surface area contributed by atoms with Crippen LogP contribution < -0.4 is 5.32 Å². The number of nitrogens with one attached hydrogen (secondary N) is 1. The molecule has 2 aromatic rings. The molecule has 1 saturated heterocycles. The second-order valence-corrected chi connectivity index (χ2v) is 5.38. The fraction of sp³-hybridized carbons (Fsp3) is 0.294. The van der Waals surface area contributed by atoms with E-state index in [1.54, 1.807) is 12.4 Å². The average molecular weight is 354 g/mol. The lowest BCUT2D eigenvalue weighted by atomic mass is 10.1. The normalized spacial score (nSPS) is 16.9. The van der Waals surface area contributed by atoms with E-state index in [0.29, 0.717) is 5.56 Å². The number of carbonyl (C=O) groups excluding carboxylic acids is 1. The van der Waals surface area contributed by atoms with Gasteiger partial charge in [0, 0.05) is 43.6 Å². The van der Waals surface area contributed by atoms with E-state index in [1.807, 2.05) is 41.3 Å². The first kappa shape index (κ1) is 19.4. The first-order valence-electron chi connectivity index (χ1n) is 7.28. The van der Waals surface area contributed by atoms with Gasteiger partial charge in [0.1, 0.15) is 0 Å². The SMILES string of the molecule is C[C@@H]1CNCCN1C(=O)c1cncc(-c2ccccc2)c1.Cl.Cl. The van der Waals surface area contributed by atoms with Gasteiger partial charge in [0.05, 0.1) is 5.56 Å². The zero-order valence-electron chi connectivity index (χ0n) is 12.9. The highest BCUT2D eigenvalue weighted by molar-refractivity contribution is 5.95. The zero-order valence-corrected chi connectivity index (χ0v) is 14.6. The third kappa shape index (κ3) is 4.44. The number of amides is 1. The van der Waals surface area contributed by atoms with Crippen molar-refractivity contribution in [2.45, 2.75) is 13.0 Å². The molecule has 0 radical (unpaired) electrons. The minimum atomic E-state index is 0. The van der Waals surface area contributed by atoms with Crippen molar-refractivity contribution in [2.24, 2.45) is 0 Å². The van der Waals surface area contributed by atoms with Crippen LogP contribution in [-0.4, -0.2) is 41.5 Å². The molecule has 1 N–H and O–H groups in total. The summed E-state index contributed by atoms with van der Waals surface area (Å²) in [6.45, 7) is 4.51. The fourth-order valence-electron chi connectivity index (χ4n) is 2.65. The third-order valence-electron chi connectivity index (χ3n) is 3.85. The Morgan fingerprint density at radius 2 is 1.91 bits per heavy atom. The maximum atomic E-state index is 12.7. The van der Waals surface area contributed by atoms with Crippen LogP contribution in [0.1, 0.15) is 17.3 Å². The summed E-state index contributed by atoms with van der Waals surface area (Å²) in [5.74, 6) is 0.0641. The summed E-state index contributed by atoms with van der Waals surface area (Å²) < 4.78 is 0. The highest BCUT2D eigenvalue weighted by Gasteiger charge is 2.24.